The van der Waals surface area contributed by atoms with E-state index in [1.165, 1.54) is 12.1 Å². The first-order valence-electron chi connectivity index (χ1n) is 5.53. The van der Waals surface area contributed by atoms with Crippen LogP contribution in [0.15, 0.2) is 24.3 Å². The van der Waals surface area contributed by atoms with Crippen molar-refractivity contribution in [2.24, 2.45) is 0 Å². The SMILES string of the molecule is Cc1cc(C)nc(C(O)c2cccc(F)c2N)n1. The molecule has 0 fully saturated rings. The highest BCUT2D eigenvalue weighted by molar-refractivity contribution is 5.50. The molecule has 1 atom stereocenters. The summed E-state index contributed by atoms with van der Waals surface area (Å²) in [5.41, 5.74) is 7.29. The molecule has 4 nitrogen and oxygen atoms in total. The second-order valence-corrected chi connectivity index (χ2v) is 4.15. The number of nitrogen functional groups attached to an aromatic ring is 1. The van der Waals surface area contributed by atoms with E-state index in [9.17, 15) is 9.50 Å². The molecule has 2 rings (SSSR count). The maximum absolute atomic E-state index is 13.3. The molecule has 0 aliphatic carbocycles. The fraction of sp³-hybridized carbons (Fsp3) is 0.231. The number of aliphatic hydroxyl groups is 1. The third-order valence-corrected chi connectivity index (χ3v) is 2.63. The van der Waals surface area contributed by atoms with Gasteiger partial charge in [0.1, 0.15) is 11.9 Å². The highest BCUT2D eigenvalue weighted by atomic mass is 19.1. The first-order chi connectivity index (χ1) is 8.49. The van der Waals surface area contributed by atoms with E-state index in [1.807, 2.05) is 0 Å². The number of aliphatic hydroxyl groups excluding tert-OH is 1. The van der Waals surface area contributed by atoms with Crippen LogP contribution in [-0.4, -0.2) is 15.1 Å². The second-order valence-electron chi connectivity index (χ2n) is 4.15. The number of benzene rings is 1. The Morgan fingerprint density at radius 3 is 2.44 bits per heavy atom. The van der Waals surface area contributed by atoms with Gasteiger partial charge in [-0.15, -0.1) is 0 Å². The normalized spacial score (nSPS) is 12.4. The molecule has 0 saturated carbocycles. The van der Waals surface area contributed by atoms with Gasteiger partial charge < -0.3 is 10.8 Å². The number of para-hydroxylation sites is 1. The van der Waals surface area contributed by atoms with Gasteiger partial charge in [-0.1, -0.05) is 12.1 Å². The van der Waals surface area contributed by atoms with Crippen LogP contribution >= 0.6 is 0 Å². The first kappa shape index (κ1) is 12.4. The summed E-state index contributed by atoms with van der Waals surface area (Å²) in [4.78, 5) is 8.28. The minimum Gasteiger partial charge on any atom is -0.396 e. The van der Waals surface area contributed by atoms with E-state index in [-0.39, 0.29) is 17.1 Å². The van der Waals surface area contributed by atoms with Gasteiger partial charge in [0.05, 0.1) is 5.69 Å². The quantitative estimate of drug-likeness (QED) is 0.795. The van der Waals surface area contributed by atoms with E-state index in [0.29, 0.717) is 0 Å². The third-order valence-electron chi connectivity index (χ3n) is 2.63. The van der Waals surface area contributed by atoms with Crippen molar-refractivity contribution in [3.8, 4) is 0 Å². The number of halogens is 1. The smallest absolute Gasteiger partial charge is 0.162 e. The molecule has 0 bridgehead atoms. The largest absolute Gasteiger partial charge is 0.396 e. The summed E-state index contributed by atoms with van der Waals surface area (Å²) in [6, 6.07) is 6.09. The molecule has 18 heavy (non-hydrogen) atoms. The zero-order chi connectivity index (χ0) is 13.3. The molecule has 1 aromatic heterocycles. The summed E-state index contributed by atoms with van der Waals surface area (Å²) >= 11 is 0. The van der Waals surface area contributed by atoms with Crippen molar-refractivity contribution in [1.29, 1.82) is 0 Å². The highest BCUT2D eigenvalue weighted by Crippen LogP contribution is 2.26. The summed E-state index contributed by atoms with van der Waals surface area (Å²) in [5, 5.41) is 10.2. The standard InChI is InChI=1S/C13H14FN3O/c1-7-6-8(2)17-13(16-7)12(18)9-4-3-5-10(14)11(9)15/h3-6,12,18H,15H2,1-2H3. The van der Waals surface area contributed by atoms with Crippen LogP contribution in [0.5, 0.6) is 0 Å². The molecule has 94 valence electrons. The number of nitrogens with zero attached hydrogens (tertiary/aromatic N) is 2. The zero-order valence-corrected chi connectivity index (χ0v) is 10.2. The number of hydrogen-bond acceptors (Lipinski definition) is 4. The predicted octanol–water partition coefficient (Wildman–Crippen LogP) is 1.90. The Morgan fingerprint density at radius 1 is 1.22 bits per heavy atom. The summed E-state index contributed by atoms with van der Waals surface area (Å²) < 4.78 is 13.3. The van der Waals surface area contributed by atoms with Crippen LogP contribution in [0.2, 0.25) is 0 Å². The lowest BCUT2D eigenvalue weighted by Crippen LogP contribution is -2.10. The number of aryl methyl sites for hydroxylation is 2. The van der Waals surface area contributed by atoms with Crippen molar-refractivity contribution in [1.82, 2.24) is 9.97 Å². The lowest BCUT2D eigenvalue weighted by Gasteiger charge is -2.13. The summed E-state index contributed by atoms with van der Waals surface area (Å²) in [6.07, 6.45) is -1.13. The molecule has 0 saturated heterocycles. The molecule has 0 aliphatic heterocycles. The van der Waals surface area contributed by atoms with Gasteiger partial charge >= 0.3 is 0 Å². The Hall–Kier alpha value is -2.01. The van der Waals surface area contributed by atoms with E-state index < -0.39 is 11.9 Å². The molecule has 5 heteroatoms. The van der Waals surface area contributed by atoms with Gasteiger partial charge in [-0.2, -0.15) is 0 Å². The van der Waals surface area contributed by atoms with Crippen LogP contribution in [0.1, 0.15) is 28.9 Å². The average Bonchev–Trinajstić information content (AvgIpc) is 2.30. The van der Waals surface area contributed by atoms with Crippen LogP contribution < -0.4 is 5.73 Å². The van der Waals surface area contributed by atoms with Gasteiger partial charge in [0.2, 0.25) is 0 Å². The maximum atomic E-state index is 13.3. The number of nitrogens with two attached hydrogens (primary N) is 1. The van der Waals surface area contributed by atoms with Crippen molar-refractivity contribution in [2.75, 3.05) is 5.73 Å². The Kier molecular flexibility index (Phi) is 3.25. The Balaban J connectivity index is 2.47. The second kappa shape index (κ2) is 4.70. The number of rotatable bonds is 2. The predicted molar refractivity (Wildman–Crippen MR) is 66.4 cm³/mol. The molecule has 0 amide bonds. The van der Waals surface area contributed by atoms with Crippen molar-refractivity contribution in [3.63, 3.8) is 0 Å². The van der Waals surface area contributed by atoms with Crippen molar-refractivity contribution in [2.45, 2.75) is 20.0 Å². The van der Waals surface area contributed by atoms with Crippen molar-refractivity contribution in [3.05, 3.63) is 52.9 Å². The molecule has 1 heterocycles. The fourth-order valence-corrected chi connectivity index (χ4v) is 1.81. The van der Waals surface area contributed by atoms with Crippen LogP contribution in [0.4, 0.5) is 10.1 Å². The van der Waals surface area contributed by atoms with Crippen LogP contribution in [0, 0.1) is 19.7 Å². The van der Waals surface area contributed by atoms with E-state index in [4.69, 9.17) is 5.73 Å². The molecule has 0 spiro atoms. The van der Waals surface area contributed by atoms with Crippen LogP contribution in [-0.2, 0) is 0 Å². The molecular formula is C13H14FN3O. The van der Waals surface area contributed by atoms with Crippen LogP contribution in [0.25, 0.3) is 0 Å². The average molecular weight is 247 g/mol. The van der Waals surface area contributed by atoms with Gasteiger partial charge in [0, 0.05) is 17.0 Å². The monoisotopic (exact) mass is 247 g/mol. The van der Waals surface area contributed by atoms with Gasteiger partial charge in [-0.3, -0.25) is 0 Å². The van der Waals surface area contributed by atoms with Crippen molar-refractivity contribution >= 4 is 5.69 Å². The fourth-order valence-electron chi connectivity index (χ4n) is 1.81. The molecule has 3 N–H and O–H groups in total. The van der Waals surface area contributed by atoms with Gasteiger partial charge in [-0.05, 0) is 26.0 Å². The zero-order valence-electron chi connectivity index (χ0n) is 10.2. The van der Waals surface area contributed by atoms with E-state index in [0.717, 1.165) is 11.4 Å². The van der Waals surface area contributed by atoms with Crippen LogP contribution in [0.3, 0.4) is 0 Å². The Morgan fingerprint density at radius 2 is 1.83 bits per heavy atom. The number of hydrogen-bond donors (Lipinski definition) is 2. The Bertz CT molecular complexity index is 566. The number of aromatic nitrogens is 2. The molecule has 0 aliphatic rings. The molecule has 1 aromatic carbocycles. The summed E-state index contributed by atoms with van der Waals surface area (Å²) in [6.45, 7) is 3.61. The molecular weight excluding hydrogens is 233 g/mol. The van der Waals surface area contributed by atoms with Gasteiger partial charge in [-0.25, -0.2) is 14.4 Å². The van der Waals surface area contributed by atoms with E-state index in [1.54, 1.807) is 26.0 Å². The van der Waals surface area contributed by atoms with Gasteiger partial charge in [0.25, 0.3) is 0 Å². The highest BCUT2D eigenvalue weighted by Gasteiger charge is 2.18. The Labute approximate surface area is 104 Å². The van der Waals surface area contributed by atoms with Gasteiger partial charge in [0.15, 0.2) is 5.82 Å². The lowest BCUT2D eigenvalue weighted by molar-refractivity contribution is 0.209. The lowest BCUT2D eigenvalue weighted by atomic mass is 10.1. The molecule has 1 unspecified atom stereocenters. The number of anilines is 1. The molecule has 0 radical (unpaired) electrons. The van der Waals surface area contributed by atoms with Crippen molar-refractivity contribution < 1.29 is 9.50 Å². The molecule has 2 aromatic rings. The topological polar surface area (TPSA) is 72.0 Å². The van der Waals surface area contributed by atoms with E-state index in [2.05, 4.69) is 9.97 Å². The summed E-state index contributed by atoms with van der Waals surface area (Å²) in [7, 11) is 0. The summed E-state index contributed by atoms with van der Waals surface area (Å²) in [5.74, 6) is -0.333. The first-order valence-corrected chi connectivity index (χ1v) is 5.53. The third kappa shape index (κ3) is 2.31. The maximum Gasteiger partial charge on any atom is 0.162 e. The van der Waals surface area contributed by atoms with E-state index >= 15 is 0 Å². The minimum atomic E-state index is -1.13. The minimum absolute atomic E-state index is 0.0761.